The first-order valence-electron chi connectivity index (χ1n) is 11.7. The molecule has 12 heteroatoms. The number of aromatic hydroxyl groups is 1. The molecule has 1 aromatic carbocycles. The van der Waals surface area contributed by atoms with E-state index in [9.17, 15) is 28.6 Å². The van der Waals surface area contributed by atoms with Crippen molar-refractivity contribution in [1.82, 2.24) is 19.8 Å². The molecule has 1 spiro atoms. The van der Waals surface area contributed by atoms with Gasteiger partial charge in [0.25, 0.3) is 5.91 Å². The maximum Gasteiger partial charge on any atom is 0.278 e. The van der Waals surface area contributed by atoms with Crippen LogP contribution in [0.25, 0.3) is 10.6 Å². The zero-order valence-electron chi connectivity index (χ0n) is 19.7. The van der Waals surface area contributed by atoms with Gasteiger partial charge in [0.15, 0.2) is 16.5 Å². The number of nitrogens with zero attached hydrogens (tertiary/aromatic N) is 5. The van der Waals surface area contributed by atoms with Crippen molar-refractivity contribution in [1.29, 1.82) is 0 Å². The third kappa shape index (κ3) is 3.75. The Morgan fingerprint density at radius 3 is 2.58 bits per heavy atom. The van der Waals surface area contributed by atoms with E-state index in [1.807, 2.05) is 11.9 Å². The monoisotopic (exact) mass is 517 g/mol. The minimum atomic E-state index is -0.760. The Balaban J connectivity index is 1.56. The predicted octanol–water partition coefficient (Wildman–Crippen LogP) is 2.62. The van der Waals surface area contributed by atoms with Crippen LogP contribution in [-0.2, 0) is 6.42 Å². The van der Waals surface area contributed by atoms with Gasteiger partial charge in [-0.3, -0.25) is 19.3 Å². The summed E-state index contributed by atoms with van der Waals surface area (Å²) in [5, 5.41) is 31.5. The number of hydrogen-bond donors (Lipinski definition) is 2. The van der Waals surface area contributed by atoms with Crippen LogP contribution in [0, 0.1) is 11.6 Å². The molecule has 0 saturated heterocycles. The van der Waals surface area contributed by atoms with Crippen LogP contribution < -0.4 is 10.4 Å². The van der Waals surface area contributed by atoms with Crippen molar-refractivity contribution in [3.63, 3.8) is 0 Å². The Hall–Kier alpha value is -3.38. The Morgan fingerprint density at radius 1 is 1.19 bits per heavy atom. The molecule has 0 unspecified atom stereocenters. The van der Waals surface area contributed by atoms with E-state index in [0.29, 0.717) is 37.2 Å². The number of aliphatic hydroxyl groups is 1. The van der Waals surface area contributed by atoms with Crippen LogP contribution in [0.2, 0.25) is 0 Å². The number of amides is 1. The fraction of sp³-hybridized carbons (Fsp3) is 0.417. The number of carbonyl (C=O) groups is 1. The quantitative estimate of drug-likeness (QED) is 0.547. The number of benzene rings is 1. The van der Waals surface area contributed by atoms with Gasteiger partial charge in [0.1, 0.15) is 22.3 Å². The molecule has 9 nitrogen and oxygen atoms in total. The number of fused-ring (bicyclic) bond motifs is 1. The highest BCUT2D eigenvalue weighted by Crippen LogP contribution is 2.41. The summed E-state index contributed by atoms with van der Waals surface area (Å²) in [6.07, 6.45) is 3.17. The lowest BCUT2D eigenvalue weighted by Crippen LogP contribution is -2.70. The lowest BCUT2D eigenvalue weighted by atomic mass is 9.84. The summed E-state index contributed by atoms with van der Waals surface area (Å²) in [5.74, 6) is -2.54. The van der Waals surface area contributed by atoms with Crippen LogP contribution in [-0.4, -0.2) is 61.3 Å². The Bertz CT molecular complexity index is 1400. The van der Waals surface area contributed by atoms with Gasteiger partial charge in [0.05, 0.1) is 11.7 Å². The van der Waals surface area contributed by atoms with E-state index in [4.69, 9.17) is 0 Å². The number of aromatic nitrogens is 3. The molecule has 1 saturated carbocycles. The normalized spacial score (nSPS) is 21.8. The van der Waals surface area contributed by atoms with Gasteiger partial charge in [-0.1, -0.05) is 17.4 Å². The van der Waals surface area contributed by atoms with Gasteiger partial charge in [0, 0.05) is 32.3 Å². The lowest BCUT2D eigenvalue weighted by Gasteiger charge is -2.56. The maximum atomic E-state index is 14.1. The van der Waals surface area contributed by atoms with E-state index in [1.165, 1.54) is 16.9 Å². The lowest BCUT2D eigenvalue weighted by molar-refractivity contribution is -0.00902. The molecule has 2 N–H and O–H groups in total. The van der Waals surface area contributed by atoms with Crippen molar-refractivity contribution >= 4 is 17.2 Å². The van der Waals surface area contributed by atoms with Gasteiger partial charge in [-0.05, 0) is 44.2 Å². The third-order valence-electron chi connectivity index (χ3n) is 7.17. The third-order valence-corrected chi connectivity index (χ3v) is 8.12. The largest absolute Gasteiger partial charge is 0.502 e. The van der Waals surface area contributed by atoms with Gasteiger partial charge in [-0.25, -0.2) is 8.78 Å². The summed E-state index contributed by atoms with van der Waals surface area (Å²) in [5.41, 5.74) is -1.33. The van der Waals surface area contributed by atoms with Crippen molar-refractivity contribution in [3.8, 4) is 16.3 Å². The summed E-state index contributed by atoms with van der Waals surface area (Å²) in [6.45, 7) is 2.21. The van der Waals surface area contributed by atoms with Crippen molar-refractivity contribution in [2.75, 3.05) is 18.6 Å². The molecule has 2 aromatic heterocycles. The van der Waals surface area contributed by atoms with Gasteiger partial charge >= 0.3 is 0 Å². The van der Waals surface area contributed by atoms with E-state index < -0.39 is 40.5 Å². The molecule has 0 atom stereocenters. The molecule has 1 aliphatic heterocycles. The standard InChI is InChI=1S/C24H25F2N5O4S/c1-3-30-23(35)19-21(34)20(33)16(12-31(19)29(2)24(30)8-6-15(32)7-9-24)22-28-27-18(36-22)10-13-4-5-14(25)11-17(13)26/h4-5,11-12,15,32,34H,3,6-10H2,1-2H3. The molecule has 36 heavy (non-hydrogen) atoms. The molecular formula is C24H25F2N5O4S. The molecule has 1 fully saturated rings. The molecule has 0 radical (unpaired) electrons. The number of halogens is 2. The number of rotatable bonds is 4. The van der Waals surface area contributed by atoms with Crippen molar-refractivity contribution in [3.05, 3.63) is 62.5 Å². The maximum absolute atomic E-state index is 14.1. The van der Waals surface area contributed by atoms with Crippen molar-refractivity contribution in [2.45, 2.75) is 50.8 Å². The van der Waals surface area contributed by atoms with E-state index in [1.54, 1.807) is 11.9 Å². The summed E-state index contributed by atoms with van der Waals surface area (Å²) >= 11 is 1.05. The molecule has 3 heterocycles. The molecule has 2 aliphatic rings. The fourth-order valence-electron chi connectivity index (χ4n) is 5.23. The Kier molecular flexibility index (Phi) is 6.03. The molecular weight excluding hydrogens is 492 g/mol. The molecule has 3 aromatic rings. The predicted molar refractivity (Wildman–Crippen MR) is 128 cm³/mol. The first kappa shape index (κ1) is 24.3. The second-order valence-electron chi connectivity index (χ2n) is 9.11. The molecule has 1 aliphatic carbocycles. The molecule has 0 bridgehead atoms. The zero-order chi connectivity index (χ0) is 25.8. The van der Waals surface area contributed by atoms with Gasteiger partial charge < -0.3 is 15.1 Å². The number of pyridine rings is 1. The van der Waals surface area contributed by atoms with Crippen molar-refractivity contribution in [2.24, 2.45) is 0 Å². The van der Waals surface area contributed by atoms with Gasteiger partial charge in [-0.2, -0.15) is 0 Å². The highest BCUT2D eigenvalue weighted by Gasteiger charge is 2.50. The second kappa shape index (κ2) is 8.93. The Labute approximate surface area is 209 Å². The average molecular weight is 518 g/mol. The highest BCUT2D eigenvalue weighted by atomic mass is 32.1. The first-order chi connectivity index (χ1) is 17.2. The number of carbonyl (C=O) groups excluding carboxylic acids is 1. The molecule has 1 amide bonds. The number of aliphatic hydroxyl groups excluding tert-OH is 1. The molecule has 5 rings (SSSR count). The summed E-state index contributed by atoms with van der Waals surface area (Å²) in [6, 6.07) is 3.27. The van der Waals surface area contributed by atoms with Crippen molar-refractivity contribution < 1.29 is 23.8 Å². The highest BCUT2D eigenvalue weighted by molar-refractivity contribution is 7.14. The minimum Gasteiger partial charge on any atom is -0.502 e. The van der Waals surface area contributed by atoms with Crippen LogP contribution in [0.3, 0.4) is 0 Å². The van der Waals surface area contributed by atoms with E-state index in [-0.39, 0.29) is 28.2 Å². The van der Waals surface area contributed by atoms with Crippen LogP contribution in [0.5, 0.6) is 5.75 Å². The Morgan fingerprint density at radius 2 is 1.92 bits per heavy atom. The van der Waals surface area contributed by atoms with E-state index in [2.05, 4.69) is 10.2 Å². The zero-order valence-corrected chi connectivity index (χ0v) is 20.6. The topological polar surface area (TPSA) is 112 Å². The smallest absolute Gasteiger partial charge is 0.278 e. The van der Waals surface area contributed by atoms with Crippen LogP contribution >= 0.6 is 11.3 Å². The van der Waals surface area contributed by atoms with Crippen LogP contribution in [0.15, 0.2) is 29.2 Å². The minimum absolute atomic E-state index is 0.0511. The van der Waals surface area contributed by atoms with E-state index in [0.717, 1.165) is 23.5 Å². The van der Waals surface area contributed by atoms with Crippen LogP contribution in [0.4, 0.5) is 8.78 Å². The van der Waals surface area contributed by atoms with E-state index >= 15 is 0 Å². The average Bonchev–Trinajstić information content (AvgIpc) is 3.31. The summed E-state index contributed by atoms with van der Waals surface area (Å²) in [7, 11) is 1.78. The van der Waals surface area contributed by atoms with Crippen LogP contribution in [0.1, 0.15) is 53.7 Å². The first-order valence-corrected chi connectivity index (χ1v) is 12.5. The summed E-state index contributed by atoms with van der Waals surface area (Å²) in [4.78, 5) is 28.2. The van der Waals surface area contributed by atoms with Gasteiger partial charge in [-0.15, -0.1) is 10.2 Å². The summed E-state index contributed by atoms with van der Waals surface area (Å²) < 4.78 is 28.8. The fourth-order valence-corrected chi connectivity index (χ4v) is 6.10. The number of hydrogen-bond acceptors (Lipinski definition) is 8. The SMILES string of the molecule is CCN1C(=O)c2c(O)c(=O)c(-c3nnc(Cc4ccc(F)cc4F)s3)cn2N(C)C12CCC(O)CC2. The second-order valence-corrected chi connectivity index (χ2v) is 10.2. The van der Waals surface area contributed by atoms with Gasteiger partial charge in [0.2, 0.25) is 5.43 Å². The molecule has 190 valence electrons.